The molecule has 1 saturated heterocycles. The third kappa shape index (κ3) is 7.07. The van der Waals surface area contributed by atoms with Crippen molar-refractivity contribution in [1.29, 1.82) is 0 Å². The number of nitrogens with zero attached hydrogens (tertiary/aromatic N) is 2. The van der Waals surface area contributed by atoms with E-state index in [4.69, 9.17) is 4.74 Å². The SMILES string of the molecule is CN=C(NCCCc1ccc(O)cc1)NCc1ccccc1CN1CCOCC1. The van der Waals surface area contributed by atoms with Crippen LogP contribution < -0.4 is 10.6 Å². The van der Waals surface area contributed by atoms with Crippen molar-refractivity contribution in [2.45, 2.75) is 25.9 Å². The van der Waals surface area contributed by atoms with E-state index in [0.717, 1.165) is 64.7 Å². The summed E-state index contributed by atoms with van der Waals surface area (Å²) in [6.07, 6.45) is 1.96. The first-order valence-corrected chi connectivity index (χ1v) is 10.3. The van der Waals surface area contributed by atoms with Gasteiger partial charge in [0, 0.05) is 39.8 Å². The van der Waals surface area contributed by atoms with Crippen molar-refractivity contribution in [2.75, 3.05) is 39.9 Å². The van der Waals surface area contributed by atoms with Crippen molar-refractivity contribution in [2.24, 2.45) is 4.99 Å². The molecule has 0 unspecified atom stereocenters. The molecule has 156 valence electrons. The third-order valence-electron chi connectivity index (χ3n) is 5.16. The molecule has 29 heavy (non-hydrogen) atoms. The number of hydrogen-bond donors (Lipinski definition) is 3. The molecule has 6 heteroatoms. The number of morpholine rings is 1. The van der Waals surface area contributed by atoms with E-state index in [1.165, 1.54) is 16.7 Å². The molecule has 0 aromatic heterocycles. The molecule has 0 aliphatic carbocycles. The number of phenolic OH excluding ortho intramolecular Hbond substituents is 1. The van der Waals surface area contributed by atoms with Crippen LogP contribution in [0.4, 0.5) is 0 Å². The van der Waals surface area contributed by atoms with E-state index in [9.17, 15) is 5.11 Å². The fraction of sp³-hybridized carbons (Fsp3) is 0.435. The van der Waals surface area contributed by atoms with Gasteiger partial charge in [0.05, 0.1) is 13.2 Å². The first-order valence-electron chi connectivity index (χ1n) is 10.3. The zero-order valence-corrected chi connectivity index (χ0v) is 17.2. The standard InChI is InChI=1S/C23H32N4O2/c1-24-23(25-12-4-5-19-8-10-22(28)11-9-19)26-17-20-6-2-3-7-21(20)18-27-13-15-29-16-14-27/h2-3,6-11,28H,4-5,12-18H2,1H3,(H2,24,25,26). The second-order valence-corrected chi connectivity index (χ2v) is 7.28. The van der Waals surface area contributed by atoms with Gasteiger partial charge in [-0.3, -0.25) is 9.89 Å². The Labute approximate surface area is 173 Å². The van der Waals surface area contributed by atoms with Crippen molar-refractivity contribution in [3.63, 3.8) is 0 Å². The number of hydrogen-bond acceptors (Lipinski definition) is 4. The first-order chi connectivity index (χ1) is 14.2. The van der Waals surface area contributed by atoms with Gasteiger partial charge in [-0.2, -0.15) is 0 Å². The predicted octanol–water partition coefficient (Wildman–Crippen LogP) is 2.52. The number of benzene rings is 2. The third-order valence-corrected chi connectivity index (χ3v) is 5.16. The minimum Gasteiger partial charge on any atom is -0.508 e. The highest BCUT2D eigenvalue weighted by Crippen LogP contribution is 2.13. The van der Waals surface area contributed by atoms with Crippen LogP contribution in [0, 0.1) is 0 Å². The maximum absolute atomic E-state index is 9.35. The zero-order chi connectivity index (χ0) is 20.3. The second kappa shape index (κ2) is 11.4. The Morgan fingerprint density at radius 2 is 1.76 bits per heavy atom. The summed E-state index contributed by atoms with van der Waals surface area (Å²) in [5.74, 6) is 1.13. The molecule has 2 aromatic rings. The quantitative estimate of drug-likeness (QED) is 0.363. The smallest absolute Gasteiger partial charge is 0.191 e. The minimum atomic E-state index is 0.311. The number of aryl methyl sites for hydroxylation is 1. The molecule has 1 aliphatic heterocycles. The van der Waals surface area contributed by atoms with E-state index in [0.29, 0.717) is 5.75 Å². The molecule has 0 radical (unpaired) electrons. The van der Waals surface area contributed by atoms with Crippen molar-refractivity contribution in [1.82, 2.24) is 15.5 Å². The molecule has 2 aromatic carbocycles. The molecule has 0 saturated carbocycles. The highest BCUT2D eigenvalue weighted by atomic mass is 16.5. The molecule has 0 bridgehead atoms. The predicted molar refractivity (Wildman–Crippen MR) is 117 cm³/mol. The Bertz CT molecular complexity index is 771. The summed E-state index contributed by atoms with van der Waals surface area (Å²) >= 11 is 0. The van der Waals surface area contributed by atoms with Crippen LogP contribution in [0.1, 0.15) is 23.1 Å². The van der Waals surface area contributed by atoms with Gasteiger partial charge < -0.3 is 20.5 Å². The lowest BCUT2D eigenvalue weighted by Crippen LogP contribution is -2.38. The maximum Gasteiger partial charge on any atom is 0.191 e. The van der Waals surface area contributed by atoms with Gasteiger partial charge in [0.1, 0.15) is 5.75 Å². The van der Waals surface area contributed by atoms with Crippen molar-refractivity contribution in [3.8, 4) is 5.75 Å². The van der Waals surface area contributed by atoms with Gasteiger partial charge in [-0.1, -0.05) is 36.4 Å². The molecular weight excluding hydrogens is 364 g/mol. The van der Waals surface area contributed by atoms with Crippen LogP contribution in [-0.2, 0) is 24.2 Å². The van der Waals surface area contributed by atoms with Crippen LogP contribution >= 0.6 is 0 Å². The van der Waals surface area contributed by atoms with E-state index < -0.39 is 0 Å². The lowest BCUT2D eigenvalue weighted by molar-refractivity contribution is 0.0341. The van der Waals surface area contributed by atoms with E-state index in [-0.39, 0.29) is 0 Å². The number of aromatic hydroxyl groups is 1. The summed E-state index contributed by atoms with van der Waals surface area (Å²) in [7, 11) is 1.80. The van der Waals surface area contributed by atoms with Gasteiger partial charge in [0.2, 0.25) is 0 Å². The van der Waals surface area contributed by atoms with Gasteiger partial charge in [-0.25, -0.2) is 0 Å². The van der Waals surface area contributed by atoms with Crippen LogP contribution in [0.3, 0.4) is 0 Å². The monoisotopic (exact) mass is 396 g/mol. The van der Waals surface area contributed by atoms with Crippen LogP contribution in [-0.4, -0.2) is 55.9 Å². The van der Waals surface area contributed by atoms with Crippen molar-refractivity contribution >= 4 is 5.96 Å². The number of guanidine groups is 1. The van der Waals surface area contributed by atoms with E-state index in [1.807, 2.05) is 12.1 Å². The molecule has 1 aliphatic rings. The average Bonchev–Trinajstić information content (AvgIpc) is 2.76. The summed E-state index contributed by atoms with van der Waals surface area (Å²) in [5.41, 5.74) is 3.88. The minimum absolute atomic E-state index is 0.311. The number of rotatable bonds is 8. The lowest BCUT2D eigenvalue weighted by Gasteiger charge is -2.27. The number of phenols is 1. The van der Waals surface area contributed by atoms with Crippen LogP contribution in [0.25, 0.3) is 0 Å². The first kappa shape index (κ1) is 21.1. The lowest BCUT2D eigenvalue weighted by atomic mass is 10.1. The maximum atomic E-state index is 9.35. The molecule has 3 rings (SSSR count). The molecule has 1 fully saturated rings. The molecule has 0 atom stereocenters. The van der Waals surface area contributed by atoms with Crippen LogP contribution in [0.5, 0.6) is 5.75 Å². The molecule has 6 nitrogen and oxygen atoms in total. The van der Waals surface area contributed by atoms with Crippen molar-refractivity contribution in [3.05, 3.63) is 65.2 Å². The summed E-state index contributed by atoms with van der Waals surface area (Å²) < 4.78 is 5.45. The van der Waals surface area contributed by atoms with Crippen LogP contribution in [0.15, 0.2) is 53.5 Å². The molecule has 1 heterocycles. The highest BCUT2D eigenvalue weighted by molar-refractivity contribution is 5.79. The van der Waals surface area contributed by atoms with Gasteiger partial charge in [-0.05, 0) is 41.7 Å². The zero-order valence-electron chi connectivity index (χ0n) is 17.2. The van der Waals surface area contributed by atoms with E-state index >= 15 is 0 Å². The normalized spacial score (nSPS) is 15.3. The van der Waals surface area contributed by atoms with Gasteiger partial charge in [0.15, 0.2) is 5.96 Å². The Kier molecular flexibility index (Phi) is 8.34. The van der Waals surface area contributed by atoms with E-state index in [1.54, 1.807) is 19.2 Å². The number of aliphatic imine (C=N–C) groups is 1. The van der Waals surface area contributed by atoms with Crippen molar-refractivity contribution < 1.29 is 9.84 Å². The largest absolute Gasteiger partial charge is 0.508 e. The summed E-state index contributed by atoms with van der Waals surface area (Å²) in [6.45, 7) is 6.17. The average molecular weight is 397 g/mol. The topological polar surface area (TPSA) is 69.1 Å². The Morgan fingerprint density at radius 1 is 1.03 bits per heavy atom. The van der Waals surface area contributed by atoms with Gasteiger partial charge >= 0.3 is 0 Å². The summed E-state index contributed by atoms with van der Waals surface area (Å²) in [5, 5.41) is 16.2. The molecule has 0 spiro atoms. The summed E-state index contributed by atoms with van der Waals surface area (Å²) in [4.78, 5) is 6.78. The Hall–Kier alpha value is -2.57. The fourth-order valence-corrected chi connectivity index (χ4v) is 3.45. The number of ether oxygens (including phenoxy) is 1. The highest BCUT2D eigenvalue weighted by Gasteiger charge is 2.12. The molecule has 3 N–H and O–H groups in total. The van der Waals surface area contributed by atoms with Gasteiger partial charge in [0.25, 0.3) is 0 Å². The Balaban J connectivity index is 1.43. The number of nitrogens with one attached hydrogen (secondary N) is 2. The molecular formula is C23H32N4O2. The van der Waals surface area contributed by atoms with Crippen LogP contribution in [0.2, 0.25) is 0 Å². The fourth-order valence-electron chi connectivity index (χ4n) is 3.45. The molecule has 0 amide bonds. The van der Waals surface area contributed by atoms with Gasteiger partial charge in [-0.15, -0.1) is 0 Å². The van der Waals surface area contributed by atoms with E-state index in [2.05, 4.69) is 44.8 Å². The second-order valence-electron chi connectivity index (χ2n) is 7.28. The summed E-state index contributed by atoms with van der Waals surface area (Å²) in [6, 6.07) is 16.0. The Morgan fingerprint density at radius 3 is 2.48 bits per heavy atom.